The molecule has 10 heavy (non-hydrogen) atoms. The smallest absolute Gasteiger partial charge is 0.0618 e. The fourth-order valence-corrected chi connectivity index (χ4v) is 3.15. The standard InChI is InChI=1S/C9H11S/c1-10-6-8-4-2-3-5-9(8)7-10/h2-5H,6-7H2,1H3/q+1. The summed E-state index contributed by atoms with van der Waals surface area (Å²) in [4.78, 5) is 0. The average Bonchev–Trinajstić information content (AvgIpc) is 2.27. The predicted octanol–water partition coefficient (Wildman–Crippen LogP) is 1.95. The maximum Gasteiger partial charge on any atom is 0.133 e. The largest absolute Gasteiger partial charge is 0.133 e. The Labute approximate surface area is 64.6 Å². The van der Waals surface area contributed by atoms with Crippen LogP contribution in [0.25, 0.3) is 0 Å². The summed E-state index contributed by atoms with van der Waals surface area (Å²) in [5.41, 5.74) is 3.15. The van der Waals surface area contributed by atoms with Gasteiger partial charge in [0.15, 0.2) is 0 Å². The van der Waals surface area contributed by atoms with Gasteiger partial charge in [-0.15, -0.1) is 0 Å². The molecule has 1 aromatic carbocycles. The van der Waals surface area contributed by atoms with E-state index >= 15 is 0 Å². The van der Waals surface area contributed by atoms with E-state index in [-0.39, 0.29) is 0 Å². The third-order valence-corrected chi connectivity index (χ3v) is 3.53. The number of hydrogen-bond acceptors (Lipinski definition) is 0. The Morgan fingerprint density at radius 3 is 2.10 bits per heavy atom. The van der Waals surface area contributed by atoms with Crippen molar-refractivity contribution in [3.05, 3.63) is 35.4 Å². The molecule has 0 N–H and O–H groups in total. The van der Waals surface area contributed by atoms with E-state index in [1.54, 1.807) is 11.1 Å². The zero-order chi connectivity index (χ0) is 6.97. The van der Waals surface area contributed by atoms with E-state index in [1.807, 2.05) is 0 Å². The van der Waals surface area contributed by atoms with Crippen molar-refractivity contribution in [2.24, 2.45) is 0 Å². The number of fused-ring (bicyclic) bond motifs is 1. The van der Waals surface area contributed by atoms with Crippen molar-refractivity contribution >= 4 is 10.9 Å². The molecule has 52 valence electrons. The first-order chi connectivity index (χ1) is 4.86. The summed E-state index contributed by atoms with van der Waals surface area (Å²) in [6, 6.07) is 8.79. The van der Waals surface area contributed by atoms with Gasteiger partial charge in [-0.3, -0.25) is 0 Å². The molecule has 2 rings (SSSR count). The van der Waals surface area contributed by atoms with E-state index in [1.165, 1.54) is 11.5 Å². The van der Waals surface area contributed by atoms with Gasteiger partial charge in [0.05, 0.1) is 6.26 Å². The second kappa shape index (κ2) is 2.31. The molecular weight excluding hydrogens is 140 g/mol. The molecule has 0 aliphatic carbocycles. The van der Waals surface area contributed by atoms with E-state index in [0.29, 0.717) is 10.9 Å². The van der Waals surface area contributed by atoms with Crippen LogP contribution in [-0.2, 0) is 22.4 Å². The van der Waals surface area contributed by atoms with Crippen LogP contribution in [0, 0.1) is 0 Å². The van der Waals surface area contributed by atoms with Crippen LogP contribution in [0.1, 0.15) is 11.1 Å². The van der Waals surface area contributed by atoms with Gasteiger partial charge in [-0.1, -0.05) is 24.3 Å². The highest BCUT2D eigenvalue weighted by molar-refractivity contribution is 7.95. The first kappa shape index (κ1) is 6.29. The zero-order valence-corrected chi connectivity index (χ0v) is 6.95. The lowest BCUT2D eigenvalue weighted by atomic mass is 10.1. The molecule has 1 aromatic rings. The Morgan fingerprint density at radius 1 is 1.10 bits per heavy atom. The molecule has 0 saturated carbocycles. The quantitative estimate of drug-likeness (QED) is 0.497. The van der Waals surface area contributed by atoms with Crippen LogP contribution < -0.4 is 0 Å². The highest BCUT2D eigenvalue weighted by Crippen LogP contribution is 2.24. The normalized spacial score (nSPS) is 17.3. The van der Waals surface area contributed by atoms with E-state index in [0.717, 1.165) is 0 Å². The summed E-state index contributed by atoms with van der Waals surface area (Å²) < 4.78 is 0. The van der Waals surface area contributed by atoms with Gasteiger partial charge in [0, 0.05) is 11.1 Å². The third-order valence-electron chi connectivity index (χ3n) is 1.92. The van der Waals surface area contributed by atoms with Gasteiger partial charge >= 0.3 is 0 Å². The monoisotopic (exact) mass is 151 g/mol. The zero-order valence-electron chi connectivity index (χ0n) is 6.13. The number of rotatable bonds is 0. The summed E-state index contributed by atoms with van der Waals surface area (Å²) in [5, 5.41) is 0. The van der Waals surface area contributed by atoms with E-state index in [2.05, 4.69) is 30.5 Å². The van der Waals surface area contributed by atoms with Gasteiger partial charge in [-0.05, 0) is 10.9 Å². The maximum atomic E-state index is 2.35. The second-order valence-electron chi connectivity index (χ2n) is 2.84. The topological polar surface area (TPSA) is 0 Å². The van der Waals surface area contributed by atoms with Crippen LogP contribution in [-0.4, -0.2) is 6.26 Å². The Balaban J connectivity index is 2.42. The minimum Gasteiger partial charge on any atom is -0.0618 e. The number of hydrogen-bond donors (Lipinski definition) is 0. The van der Waals surface area contributed by atoms with E-state index < -0.39 is 0 Å². The Kier molecular flexibility index (Phi) is 1.46. The lowest BCUT2D eigenvalue weighted by Gasteiger charge is -1.88. The molecule has 0 atom stereocenters. The molecule has 0 fully saturated rings. The second-order valence-corrected chi connectivity index (χ2v) is 4.98. The molecule has 1 heteroatoms. The Bertz CT molecular complexity index is 217. The minimum absolute atomic E-state index is 0.631. The molecule has 0 radical (unpaired) electrons. The van der Waals surface area contributed by atoms with Gasteiger partial charge < -0.3 is 0 Å². The maximum absolute atomic E-state index is 2.35. The van der Waals surface area contributed by atoms with Crippen LogP contribution in [0.5, 0.6) is 0 Å². The molecule has 0 amide bonds. The van der Waals surface area contributed by atoms with Gasteiger partial charge in [0.2, 0.25) is 0 Å². The number of benzene rings is 1. The molecule has 0 bridgehead atoms. The molecule has 0 unspecified atom stereocenters. The molecule has 0 spiro atoms. The van der Waals surface area contributed by atoms with Gasteiger partial charge in [-0.25, -0.2) is 0 Å². The first-order valence-corrected chi connectivity index (χ1v) is 5.49. The van der Waals surface area contributed by atoms with Crippen molar-refractivity contribution in [2.75, 3.05) is 6.26 Å². The molecule has 0 saturated heterocycles. The highest BCUT2D eigenvalue weighted by atomic mass is 32.2. The molecule has 1 aliphatic rings. The van der Waals surface area contributed by atoms with Gasteiger partial charge in [-0.2, -0.15) is 0 Å². The molecule has 0 aromatic heterocycles. The molecular formula is C9H11S+. The summed E-state index contributed by atoms with van der Waals surface area (Å²) in [7, 11) is 0.631. The van der Waals surface area contributed by atoms with Gasteiger partial charge in [0.1, 0.15) is 11.5 Å². The molecule has 1 heterocycles. The lowest BCUT2D eigenvalue weighted by molar-refractivity contribution is 1.35. The Morgan fingerprint density at radius 2 is 1.60 bits per heavy atom. The van der Waals surface area contributed by atoms with Crippen LogP contribution in [0.15, 0.2) is 24.3 Å². The van der Waals surface area contributed by atoms with Crippen LogP contribution in [0.4, 0.5) is 0 Å². The predicted molar refractivity (Wildman–Crippen MR) is 47.1 cm³/mol. The van der Waals surface area contributed by atoms with Crippen molar-refractivity contribution in [1.82, 2.24) is 0 Å². The third kappa shape index (κ3) is 0.948. The summed E-state index contributed by atoms with van der Waals surface area (Å²) >= 11 is 0. The summed E-state index contributed by atoms with van der Waals surface area (Å²) in [5.74, 6) is 2.63. The molecule has 0 nitrogen and oxygen atoms in total. The fourth-order valence-electron chi connectivity index (χ4n) is 1.42. The SMILES string of the molecule is C[S+]1Cc2ccccc2C1. The minimum atomic E-state index is 0.631. The van der Waals surface area contributed by atoms with Crippen LogP contribution >= 0.6 is 0 Å². The highest BCUT2D eigenvalue weighted by Gasteiger charge is 2.23. The van der Waals surface area contributed by atoms with Crippen molar-refractivity contribution in [3.63, 3.8) is 0 Å². The van der Waals surface area contributed by atoms with Crippen molar-refractivity contribution < 1.29 is 0 Å². The molecule has 1 aliphatic heterocycles. The van der Waals surface area contributed by atoms with Gasteiger partial charge in [0.25, 0.3) is 0 Å². The summed E-state index contributed by atoms with van der Waals surface area (Å²) in [6.07, 6.45) is 2.35. The first-order valence-electron chi connectivity index (χ1n) is 3.52. The van der Waals surface area contributed by atoms with E-state index in [4.69, 9.17) is 0 Å². The van der Waals surface area contributed by atoms with Crippen molar-refractivity contribution in [1.29, 1.82) is 0 Å². The summed E-state index contributed by atoms with van der Waals surface area (Å²) in [6.45, 7) is 0. The van der Waals surface area contributed by atoms with Crippen molar-refractivity contribution in [2.45, 2.75) is 11.5 Å². The fraction of sp³-hybridized carbons (Fsp3) is 0.333. The lowest BCUT2D eigenvalue weighted by Crippen LogP contribution is -1.93. The van der Waals surface area contributed by atoms with Crippen LogP contribution in [0.2, 0.25) is 0 Å². The van der Waals surface area contributed by atoms with Crippen LogP contribution in [0.3, 0.4) is 0 Å². The van der Waals surface area contributed by atoms with Crippen molar-refractivity contribution in [3.8, 4) is 0 Å². The van der Waals surface area contributed by atoms with E-state index in [9.17, 15) is 0 Å². The average molecular weight is 151 g/mol. The Hall–Kier alpha value is -0.430.